The lowest BCUT2D eigenvalue weighted by atomic mass is 9.93. The van der Waals surface area contributed by atoms with Crippen LogP contribution >= 0.6 is 0 Å². The molecule has 0 saturated carbocycles. The van der Waals surface area contributed by atoms with Crippen molar-refractivity contribution in [3.8, 4) is 28.8 Å². The number of rotatable bonds is 8. The zero-order chi connectivity index (χ0) is 28.9. The van der Waals surface area contributed by atoms with E-state index in [1.54, 1.807) is 60.5 Å². The third-order valence-corrected chi connectivity index (χ3v) is 6.62. The molecular formula is C32H26FN5O3. The van der Waals surface area contributed by atoms with Gasteiger partial charge in [0.05, 0.1) is 18.8 Å². The summed E-state index contributed by atoms with van der Waals surface area (Å²) >= 11 is 0. The van der Waals surface area contributed by atoms with Gasteiger partial charge in [-0.05, 0) is 67.0 Å². The largest absolute Gasteiger partial charge is 0.491 e. The molecule has 0 atom stereocenters. The number of aromatic nitrogens is 3. The predicted molar refractivity (Wildman–Crippen MR) is 151 cm³/mol. The minimum atomic E-state index is -0.666. The number of halogens is 1. The Morgan fingerprint density at radius 1 is 1.07 bits per heavy atom. The zero-order valence-corrected chi connectivity index (χ0v) is 22.5. The van der Waals surface area contributed by atoms with E-state index in [0.717, 1.165) is 17.0 Å². The maximum Gasteiger partial charge on any atom is 0.271 e. The van der Waals surface area contributed by atoms with E-state index in [1.165, 1.54) is 6.07 Å². The SMILES string of the molecule is CCCOc1ccc(-c2nn(-c3ccccc3)cc2/C=C2/C(=O)N(Cc3cccnc3)C(=O)C(C#N)=C2C)cc1F. The van der Waals surface area contributed by atoms with E-state index in [9.17, 15) is 19.2 Å². The van der Waals surface area contributed by atoms with Gasteiger partial charge in [0.25, 0.3) is 11.8 Å². The van der Waals surface area contributed by atoms with Crippen molar-refractivity contribution in [1.82, 2.24) is 19.7 Å². The minimum Gasteiger partial charge on any atom is -0.491 e. The van der Waals surface area contributed by atoms with Crippen LogP contribution in [0.5, 0.6) is 5.75 Å². The fourth-order valence-electron chi connectivity index (χ4n) is 4.51. The second-order valence-electron chi connectivity index (χ2n) is 9.43. The summed E-state index contributed by atoms with van der Waals surface area (Å²) in [4.78, 5) is 31.9. The van der Waals surface area contributed by atoms with Crippen molar-refractivity contribution in [2.45, 2.75) is 26.8 Å². The molecule has 8 nitrogen and oxygen atoms in total. The standard InChI is InChI=1S/C32H26FN5O3/c1-3-14-41-29-12-11-23(16-28(29)33)30-24(20-38(36-30)25-9-5-4-6-10-25)15-26-21(2)27(17-34)32(40)37(31(26)39)19-22-8-7-13-35-18-22/h4-13,15-16,18,20H,3,14,19H2,1-2H3/b26-15+. The number of imide groups is 1. The van der Waals surface area contributed by atoms with Crippen LogP contribution in [0, 0.1) is 17.1 Å². The fourth-order valence-corrected chi connectivity index (χ4v) is 4.51. The molecule has 2 amide bonds. The molecule has 2 aromatic carbocycles. The first-order valence-corrected chi connectivity index (χ1v) is 13.1. The number of para-hydroxylation sites is 1. The molecule has 2 aromatic heterocycles. The highest BCUT2D eigenvalue weighted by atomic mass is 19.1. The number of nitrogens with zero attached hydrogens (tertiary/aromatic N) is 5. The lowest BCUT2D eigenvalue weighted by Crippen LogP contribution is -2.42. The van der Waals surface area contributed by atoms with Gasteiger partial charge in [-0.25, -0.2) is 9.07 Å². The molecule has 1 aliphatic heterocycles. The number of pyridine rings is 1. The zero-order valence-electron chi connectivity index (χ0n) is 22.5. The van der Waals surface area contributed by atoms with Crippen LogP contribution in [0.2, 0.25) is 0 Å². The summed E-state index contributed by atoms with van der Waals surface area (Å²) in [5.74, 6) is -1.61. The van der Waals surface area contributed by atoms with Crippen LogP contribution in [-0.2, 0) is 16.1 Å². The first-order valence-electron chi connectivity index (χ1n) is 13.1. The lowest BCUT2D eigenvalue weighted by Gasteiger charge is -2.27. The van der Waals surface area contributed by atoms with Gasteiger partial charge in [-0.1, -0.05) is 31.2 Å². The van der Waals surface area contributed by atoms with Gasteiger partial charge in [-0.2, -0.15) is 10.4 Å². The molecule has 0 fully saturated rings. The molecule has 3 heterocycles. The molecule has 204 valence electrons. The molecule has 0 saturated heterocycles. The highest BCUT2D eigenvalue weighted by Gasteiger charge is 2.35. The number of amides is 2. The van der Waals surface area contributed by atoms with Gasteiger partial charge in [0, 0.05) is 35.3 Å². The van der Waals surface area contributed by atoms with E-state index in [0.29, 0.717) is 29.0 Å². The third-order valence-electron chi connectivity index (χ3n) is 6.62. The van der Waals surface area contributed by atoms with Crippen LogP contribution in [0.1, 0.15) is 31.4 Å². The molecule has 9 heteroatoms. The summed E-state index contributed by atoms with van der Waals surface area (Å²) in [5.41, 5.74) is 3.10. The monoisotopic (exact) mass is 547 g/mol. The van der Waals surface area contributed by atoms with E-state index in [4.69, 9.17) is 9.84 Å². The van der Waals surface area contributed by atoms with Gasteiger partial charge in [-0.15, -0.1) is 0 Å². The van der Waals surface area contributed by atoms with Crippen molar-refractivity contribution in [1.29, 1.82) is 5.26 Å². The highest BCUT2D eigenvalue weighted by Crippen LogP contribution is 2.33. The van der Waals surface area contributed by atoms with Crippen molar-refractivity contribution >= 4 is 17.9 Å². The van der Waals surface area contributed by atoms with Crippen LogP contribution in [0.3, 0.4) is 0 Å². The highest BCUT2D eigenvalue weighted by molar-refractivity contribution is 6.19. The average molecular weight is 548 g/mol. The maximum absolute atomic E-state index is 15.0. The van der Waals surface area contributed by atoms with Crippen LogP contribution in [0.4, 0.5) is 4.39 Å². The number of hydrogen-bond acceptors (Lipinski definition) is 6. The average Bonchev–Trinajstić information content (AvgIpc) is 3.42. The number of benzene rings is 2. The van der Waals surface area contributed by atoms with Gasteiger partial charge in [-0.3, -0.25) is 19.5 Å². The summed E-state index contributed by atoms with van der Waals surface area (Å²) in [5, 5.41) is 14.5. The van der Waals surface area contributed by atoms with Crippen molar-refractivity contribution in [2.75, 3.05) is 6.61 Å². The van der Waals surface area contributed by atoms with Crippen molar-refractivity contribution in [2.24, 2.45) is 0 Å². The summed E-state index contributed by atoms with van der Waals surface area (Å²) < 4.78 is 22.1. The first kappa shape index (κ1) is 27.2. The summed E-state index contributed by atoms with van der Waals surface area (Å²) in [7, 11) is 0. The van der Waals surface area contributed by atoms with E-state index in [2.05, 4.69) is 4.98 Å². The number of hydrogen-bond donors (Lipinski definition) is 0. The van der Waals surface area contributed by atoms with Gasteiger partial charge in [0.15, 0.2) is 11.6 Å². The topological polar surface area (TPSA) is 101 Å². The number of nitriles is 1. The van der Waals surface area contributed by atoms with Crippen LogP contribution < -0.4 is 4.74 Å². The Morgan fingerprint density at radius 3 is 2.56 bits per heavy atom. The van der Waals surface area contributed by atoms with Crippen LogP contribution in [0.15, 0.2) is 96.0 Å². The van der Waals surface area contributed by atoms with E-state index in [-0.39, 0.29) is 29.0 Å². The van der Waals surface area contributed by atoms with E-state index < -0.39 is 17.6 Å². The molecule has 0 radical (unpaired) electrons. The second kappa shape index (κ2) is 11.8. The van der Waals surface area contributed by atoms with Gasteiger partial charge in [0.2, 0.25) is 0 Å². The van der Waals surface area contributed by atoms with Crippen molar-refractivity contribution in [3.05, 3.63) is 113 Å². The molecule has 41 heavy (non-hydrogen) atoms. The van der Waals surface area contributed by atoms with Crippen LogP contribution in [0.25, 0.3) is 23.0 Å². The molecule has 1 aliphatic rings. The van der Waals surface area contributed by atoms with Crippen molar-refractivity contribution < 1.29 is 18.7 Å². The smallest absolute Gasteiger partial charge is 0.271 e. The molecule has 0 N–H and O–H groups in total. The van der Waals surface area contributed by atoms with Gasteiger partial charge >= 0.3 is 0 Å². The molecule has 0 spiro atoms. The molecular weight excluding hydrogens is 521 g/mol. The minimum absolute atomic E-state index is 0.0398. The summed E-state index contributed by atoms with van der Waals surface area (Å²) in [6.45, 7) is 3.86. The van der Waals surface area contributed by atoms with E-state index >= 15 is 0 Å². The Hall–Kier alpha value is -5.36. The Bertz CT molecular complexity index is 1720. The van der Waals surface area contributed by atoms with Gasteiger partial charge in [0.1, 0.15) is 17.3 Å². The Balaban J connectivity index is 1.64. The maximum atomic E-state index is 15.0. The van der Waals surface area contributed by atoms with Crippen LogP contribution in [-0.4, -0.2) is 38.1 Å². The second-order valence-corrected chi connectivity index (χ2v) is 9.43. The number of carbonyl (C=O) groups excluding carboxylic acids is 2. The summed E-state index contributed by atoms with van der Waals surface area (Å²) in [6, 6.07) is 19.4. The summed E-state index contributed by atoms with van der Waals surface area (Å²) in [6.07, 6.45) is 7.22. The Labute approximate surface area is 236 Å². The Morgan fingerprint density at radius 2 is 1.88 bits per heavy atom. The fraction of sp³-hybridized carbons (Fsp3) is 0.156. The normalized spacial score (nSPS) is 14.5. The molecule has 4 aromatic rings. The number of ether oxygens (including phenoxy) is 1. The molecule has 0 aliphatic carbocycles. The lowest BCUT2D eigenvalue weighted by molar-refractivity contribution is -0.141. The first-order chi connectivity index (χ1) is 19.9. The van der Waals surface area contributed by atoms with Crippen molar-refractivity contribution in [3.63, 3.8) is 0 Å². The van der Waals surface area contributed by atoms with E-state index in [1.807, 2.05) is 43.3 Å². The number of carbonyl (C=O) groups is 2. The van der Waals surface area contributed by atoms with Gasteiger partial charge < -0.3 is 4.74 Å². The Kier molecular flexibility index (Phi) is 7.83. The predicted octanol–water partition coefficient (Wildman–Crippen LogP) is 5.65. The molecule has 0 unspecified atom stereocenters. The molecule has 0 bridgehead atoms. The third kappa shape index (κ3) is 5.54. The molecule has 5 rings (SSSR count). The quantitative estimate of drug-likeness (QED) is 0.209.